The minimum absolute atomic E-state index is 0.0581. The van der Waals surface area contributed by atoms with Crippen molar-refractivity contribution in [3.05, 3.63) is 29.3 Å². The number of rotatable bonds is 2. The summed E-state index contributed by atoms with van der Waals surface area (Å²) in [6, 6.07) is 5.79. The second kappa shape index (κ2) is 4.21. The molecule has 1 fully saturated rings. The van der Waals surface area contributed by atoms with E-state index in [0.717, 1.165) is 24.0 Å². The Labute approximate surface area is 89.6 Å². The van der Waals surface area contributed by atoms with Crippen LogP contribution in [-0.2, 0) is 4.74 Å². The quantitative estimate of drug-likeness (QED) is 0.599. The summed E-state index contributed by atoms with van der Waals surface area (Å²) in [4.78, 5) is 4.39. The molecular formula is C12H16O3. The number of hydrogen-bond donors (Lipinski definition) is 1. The van der Waals surface area contributed by atoms with Gasteiger partial charge < -0.3 is 9.62 Å². The lowest BCUT2D eigenvalue weighted by Crippen LogP contribution is -2.03. The molecule has 2 unspecified atom stereocenters. The summed E-state index contributed by atoms with van der Waals surface area (Å²) in [5.41, 5.74) is 2.00. The summed E-state index contributed by atoms with van der Waals surface area (Å²) in [5.74, 6) is 0.508. The van der Waals surface area contributed by atoms with Crippen molar-refractivity contribution in [2.75, 3.05) is 0 Å². The first-order valence-electron chi connectivity index (χ1n) is 5.28. The maximum absolute atomic E-state index is 8.81. The maximum Gasteiger partial charge on any atom is 0.171 e. The molecule has 2 rings (SSSR count). The molecule has 0 radical (unpaired) electrons. The molecular weight excluding hydrogens is 192 g/mol. The lowest BCUT2D eigenvalue weighted by molar-refractivity contribution is -0.139. The van der Waals surface area contributed by atoms with Gasteiger partial charge in [0, 0.05) is 5.56 Å². The smallest absolute Gasteiger partial charge is 0.171 e. The molecule has 3 nitrogen and oxygen atoms in total. The van der Waals surface area contributed by atoms with Crippen molar-refractivity contribution in [3.63, 3.8) is 0 Å². The van der Waals surface area contributed by atoms with Gasteiger partial charge in [0.25, 0.3) is 0 Å². The topological polar surface area (TPSA) is 38.7 Å². The first kappa shape index (κ1) is 10.5. The summed E-state index contributed by atoms with van der Waals surface area (Å²) in [5, 5.41) is 8.81. The molecule has 82 valence electrons. The highest BCUT2D eigenvalue weighted by atomic mass is 17.1. The zero-order valence-corrected chi connectivity index (χ0v) is 9.06. The number of aryl methyl sites for hydroxylation is 1. The maximum atomic E-state index is 8.81. The highest BCUT2D eigenvalue weighted by molar-refractivity contribution is 5.38. The van der Waals surface area contributed by atoms with Crippen LogP contribution in [0, 0.1) is 6.92 Å². The van der Waals surface area contributed by atoms with Crippen LogP contribution in [0.5, 0.6) is 5.75 Å². The molecule has 0 aliphatic carbocycles. The third-order valence-corrected chi connectivity index (χ3v) is 2.85. The molecule has 0 saturated carbocycles. The van der Waals surface area contributed by atoms with Crippen LogP contribution in [0.3, 0.4) is 0 Å². The van der Waals surface area contributed by atoms with Crippen LogP contribution < -0.4 is 4.89 Å². The van der Waals surface area contributed by atoms with Crippen LogP contribution in [0.15, 0.2) is 18.2 Å². The first-order valence-corrected chi connectivity index (χ1v) is 5.28. The molecule has 0 spiro atoms. The van der Waals surface area contributed by atoms with E-state index in [4.69, 9.17) is 9.99 Å². The van der Waals surface area contributed by atoms with E-state index < -0.39 is 0 Å². The fraction of sp³-hybridized carbons (Fsp3) is 0.500. The fourth-order valence-electron chi connectivity index (χ4n) is 2.02. The van der Waals surface area contributed by atoms with E-state index in [1.165, 1.54) is 0 Å². The largest absolute Gasteiger partial charge is 0.370 e. The van der Waals surface area contributed by atoms with Crippen molar-refractivity contribution in [2.45, 2.75) is 38.9 Å². The van der Waals surface area contributed by atoms with E-state index in [1.807, 2.05) is 25.1 Å². The van der Waals surface area contributed by atoms with Gasteiger partial charge in [-0.2, -0.15) is 0 Å². The van der Waals surface area contributed by atoms with Gasteiger partial charge in [-0.3, -0.25) is 0 Å². The average molecular weight is 208 g/mol. The third-order valence-electron chi connectivity index (χ3n) is 2.85. The molecule has 1 aliphatic heterocycles. The van der Waals surface area contributed by atoms with Gasteiger partial charge >= 0.3 is 0 Å². The van der Waals surface area contributed by atoms with Crippen molar-refractivity contribution in [2.24, 2.45) is 0 Å². The van der Waals surface area contributed by atoms with Gasteiger partial charge in [0.2, 0.25) is 0 Å². The van der Waals surface area contributed by atoms with E-state index in [9.17, 15) is 0 Å². The molecule has 1 saturated heterocycles. The molecule has 0 amide bonds. The van der Waals surface area contributed by atoms with Crippen molar-refractivity contribution in [1.82, 2.24) is 0 Å². The van der Waals surface area contributed by atoms with E-state index in [1.54, 1.807) is 0 Å². The predicted octanol–water partition coefficient (Wildman–Crippen LogP) is 3.09. The highest BCUT2D eigenvalue weighted by Crippen LogP contribution is 2.37. The zero-order valence-electron chi connectivity index (χ0n) is 9.06. The normalized spacial score (nSPS) is 25.5. The fourth-order valence-corrected chi connectivity index (χ4v) is 2.02. The monoisotopic (exact) mass is 208 g/mol. The molecule has 1 aliphatic rings. The highest BCUT2D eigenvalue weighted by Gasteiger charge is 2.26. The van der Waals surface area contributed by atoms with Gasteiger partial charge in [-0.05, 0) is 38.3 Å². The van der Waals surface area contributed by atoms with Gasteiger partial charge in [-0.15, -0.1) is 0 Å². The Morgan fingerprint density at radius 1 is 1.40 bits per heavy atom. The van der Waals surface area contributed by atoms with Gasteiger partial charge in [-0.1, -0.05) is 12.1 Å². The standard InChI is InChI=1S/C12H16O3/c1-8-3-5-10(12(7-8)15-13)11-6-4-9(2)14-11/h3,5,7,9,11,13H,4,6H2,1-2H3. The minimum atomic E-state index is 0.0581. The van der Waals surface area contributed by atoms with Gasteiger partial charge in [-0.25, -0.2) is 5.26 Å². The van der Waals surface area contributed by atoms with Crippen LogP contribution in [0.2, 0.25) is 0 Å². The summed E-state index contributed by atoms with van der Waals surface area (Å²) in [7, 11) is 0. The Morgan fingerprint density at radius 2 is 2.20 bits per heavy atom. The summed E-state index contributed by atoms with van der Waals surface area (Å²) in [6.45, 7) is 4.03. The van der Waals surface area contributed by atoms with Crippen LogP contribution >= 0.6 is 0 Å². The summed E-state index contributed by atoms with van der Waals surface area (Å²) >= 11 is 0. The van der Waals surface area contributed by atoms with E-state index in [2.05, 4.69) is 11.8 Å². The summed E-state index contributed by atoms with van der Waals surface area (Å²) < 4.78 is 5.74. The Hall–Kier alpha value is -1.06. The SMILES string of the molecule is Cc1ccc(C2CCC(C)O2)c(OO)c1. The van der Waals surface area contributed by atoms with Gasteiger partial charge in [0.15, 0.2) is 5.75 Å². The van der Waals surface area contributed by atoms with Gasteiger partial charge in [0.05, 0.1) is 12.2 Å². The molecule has 3 heteroatoms. The minimum Gasteiger partial charge on any atom is -0.370 e. The second-order valence-electron chi connectivity index (χ2n) is 4.15. The molecule has 15 heavy (non-hydrogen) atoms. The molecule has 0 bridgehead atoms. The van der Waals surface area contributed by atoms with Gasteiger partial charge in [0.1, 0.15) is 0 Å². The lowest BCUT2D eigenvalue weighted by Gasteiger charge is -2.14. The van der Waals surface area contributed by atoms with E-state index in [0.29, 0.717) is 11.9 Å². The Kier molecular flexibility index (Phi) is 2.93. The Balaban J connectivity index is 2.27. The van der Waals surface area contributed by atoms with Crippen molar-refractivity contribution in [3.8, 4) is 5.75 Å². The molecule has 2 atom stereocenters. The molecule has 1 N–H and O–H groups in total. The Bertz CT molecular complexity index is 349. The molecule has 0 aromatic heterocycles. The van der Waals surface area contributed by atoms with Crippen molar-refractivity contribution in [1.29, 1.82) is 0 Å². The first-order chi connectivity index (χ1) is 7.20. The van der Waals surface area contributed by atoms with Crippen LogP contribution in [0.1, 0.15) is 37.0 Å². The molecule has 1 heterocycles. The van der Waals surface area contributed by atoms with E-state index >= 15 is 0 Å². The van der Waals surface area contributed by atoms with Crippen molar-refractivity contribution < 1.29 is 14.9 Å². The number of ether oxygens (including phenoxy) is 1. The zero-order chi connectivity index (χ0) is 10.8. The summed E-state index contributed by atoms with van der Waals surface area (Å²) in [6.07, 6.45) is 2.40. The van der Waals surface area contributed by atoms with Crippen LogP contribution in [0.25, 0.3) is 0 Å². The van der Waals surface area contributed by atoms with Crippen LogP contribution in [0.4, 0.5) is 0 Å². The molecule has 1 aromatic rings. The van der Waals surface area contributed by atoms with Crippen LogP contribution in [-0.4, -0.2) is 11.4 Å². The predicted molar refractivity (Wildman–Crippen MR) is 57.0 cm³/mol. The van der Waals surface area contributed by atoms with Crippen molar-refractivity contribution >= 4 is 0 Å². The number of benzene rings is 1. The second-order valence-corrected chi connectivity index (χ2v) is 4.15. The Morgan fingerprint density at radius 3 is 2.80 bits per heavy atom. The van der Waals surface area contributed by atoms with E-state index in [-0.39, 0.29) is 6.10 Å². The lowest BCUT2D eigenvalue weighted by atomic mass is 10.0. The number of hydrogen-bond acceptors (Lipinski definition) is 3. The average Bonchev–Trinajstić information content (AvgIpc) is 2.64. The molecule has 1 aromatic carbocycles. The third kappa shape index (κ3) is 2.13.